The van der Waals surface area contributed by atoms with Crippen LogP contribution in [0.1, 0.15) is 29.2 Å². The van der Waals surface area contributed by atoms with Crippen LogP contribution in [0.5, 0.6) is 0 Å². The molecule has 3 aromatic rings. The SMILES string of the molecule is CSCCC1(C(=O)O)NC(c2ccc(/C=C/c3ccccc3)cc2)C2C(=O)N(CCSc3ccccc3)C(=O)C21. The number of nitrogens with zero attached hydrogens (tertiary/aromatic N) is 1. The van der Waals surface area contributed by atoms with Crippen LogP contribution in [-0.2, 0) is 14.4 Å². The maximum Gasteiger partial charge on any atom is 0.324 e. The third kappa shape index (κ3) is 5.61. The maximum absolute atomic E-state index is 13.8. The first-order chi connectivity index (χ1) is 19.4. The van der Waals surface area contributed by atoms with Gasteiger partial charge in [-0.25, -0.2) is 0 Å². The molecule has 2 amide bonds. The van der Waals surface area contributed by atoms with Crippen molar-refractivity contribution in [3.63, 3.8) is 0 Å². The van der Waals surface area contributed by atoms with Crippen LogP contribution in [0.3, 0.4) is 0 Å². The van der Waals surface area contributed by atoms with Crippen molar-refractivity contribution in [2.75, 3.05) is 24.3 Å². The molecule has 2 aliphatic heterocycles. The number of carboxylic acid groups (broad SMARTS) is 1. The normalized spacial score (nSPS) is 24.1. The molecule has 0 aliphatic carbocycles. The fraction of sp³-hybridized carbons (Fsp3) is 0.281. The molecule has 0 saturated carbocycles. The van der Waals surface area contributed by atoms with Gasteiger partial charge < -0.3 is 5.11 Å². The number of hydrogen-bond donors (Lipinski definition) is 2. The molecule has 0 radical (unpaired) electrons. The summed E-state index contributed by atoms with van der Waals surface area (Å²) in [5, 5.41) is 13.8. The number of fused-ring (bicyclic) bond motifs is 1. The zero-order valence-corrected chi connectivity index (χ0v) is 23.9. The Balaban J connectivity index is 1.40. The lowest BCUT2D eigenvalue weighted by molar-refractivity contribution is -0.151. The molecule has 2 heterocycles. The minimum absolute atomic E-state index is 0.248. The van der Waals surface area contributed by atoms with Gasteiger partial charge in [-0.3, -0.25) is 24.6 Å². The van der Waals surface area contributed by atoms with Gasteiger partial charge in [0.1, 0.15) is 5.54 Å². The van der Waals surface area contributed by atoms with Gasteiger partial charge in [-0.2, -0.15) is 11.8 Å². The molecule has 0 aromatic heterocycles. The summed E-state index contributed by atoms with van der Waals surface area (Å²) < 4.78 is 0. The number of nitrogens with one attached hydrogen (secondary N) is 1. The highest BCUT2D eigenvalue weighted by Gasteiger charge is 2.68. The van der Waals surface area contributed by atoms with Crippen LogP contribution in [0.15, 0.2) is 89.8 Å². The van der Waals surface area contributed by atoms with Crippen molar-refractivity contribution in [3.8, 4) is 0 Å². The number of carboxylic acids is 1. The van der Waals surface area contributed by atoms with E-state index in [1.54, 1.807) is 11.8 Å². The minimum atomic E-state index is -1.50. The first kappa shape index (κ1) is 28.2. The Morgan fingerprint density at radius 1 is 0.900 bits per heavy atom. The number of rotatable bonds is 11. The van der Waals surface area contributed by atoms with Crippen molar-refractivity contribution >= 4 is 53.5 Å². The monoisotopic (exact) mass is 572 g/mol. The van der Waals surface area contributed by atoms with Gasteiger partial charge in [-0.05, 0) is 47.3 Å². The van der Waals surface area contributed by atoms with Crippen molar-refractivity contribution in [3.05, 3.63) is 102 Å². The number of carbonyl (C=O) groups is 3. The number of likely N-dealkylation sites (tertiary alicyclic amines) is 1. The third-order valence-electron chi connectivity index (χ3n) is 7.72. The number of imide groups is 1. The van der Waals surface area contributed by atoms with E-state index < -0.39 is 29.4 Å². The van der Waals surface area contributed by atoms with Crippen LogP contribution < -0.4 is 5.32 Å². The van der Waals surface area contributed by atoms with Crippen molar-refractivity contribution in [2.24, 2.45) is 11.8 Å². The quantitative estimate of drug-likeness (QED) is 0.179. The van der Waals surface area contributed by atoms with E-state index in [4.69, 9.17) is 0 Å². The summed E-state index contributed by atoms with van der Waals surface area (Å²) in [6.45, 7) is 0.248. The number of thioether (sulfide) groups is 2. The van der Waals surface area contributed by atoms with E-state index in [1.165, 1.54) is 16.7 Å². The van der Waals surface area contributed by atoms with Crippen molar-refractivity contribution in [1.82, 2.24) is 10.2 Å². The molecular weight excluding hydrogens is 540 g/mol. The fourth-order valence-electron chi connectivity index (χ4n) is 5.71. The second-order valence-corrected chi connectivity index (χ2v) is 12.2. The minimum Gasteiger partial charge on any atom is -0.480 e. The van der Waals surface area contributed by atoms with Gasteiger partial charge in [-0.1, -0.05) is 84.9 Å². The first-order valence-corrected chi connectivity index (χ1v) is 15.7. The fourth-order valence-corrected chi connectivity index (χ4v) is 7.09. The van der Waals surface area contributed by atoms with Crippen molar-refractivity contribution < 1.29 is 19.5 Å². The highest BCUT2D eigenvalue weighted by Crippen LogP contribution is 2.50. The van der Waals surface area contributed by atoms with Crippen molar-refractivity contribution in [2.45, 2.75) is 22.9 Å². The topological polar surface area (TPSA) is 86.7 Å². The summed E-state index contributed by atoms with van der Waals surface area (Å²) in [5.41, 5.74) is 1.38. The van der Waals surface area contributed by atoms with Gasteiger partial charge in [0.15, 0.2) is 0 Å². The van der Waals surface area contributed by atoms with Crippen LogP contribution in [-0.4, -0.2) is 57.6 Å². The van der Waals surface area contributed by atoms with E-state index in [-0.39, 0.29) is 24.8 Å². The van der Waals surface area contributed by atoms with Crippen LogP contribution in [0.4, 0.5) is 0 Å². The first-order valence-electron chi connectivity index (χ1n) is 13.3. The zero-order valence-electron chi connectivity index (χ0n) is 22.2. The molecule has 3 aromatic carbocycles. The Hall–Kier alpha value is -3.33. The standard InChI is InChI=1S/C32H32N2O4S2/c1-39-20-18-32(31(37)38)27-26(29(35)34(30(27)36)19-21-40-25-10-6-3-7-11-25)28(33-32)24-16-14-23(15-17-24)13-12-22-8-4-2-5-9-22/h2-17,26-28,33H,18-21H2,1H3,(H,37,38)/b13-12+. The molecule has 5 rings (SSSR count). The molecule has 0 spiro atoms. The summed E-state index contributed by atoms with van der Waals surface area (Å²) in [7, 11) is 0. The van der Waals surface area contributed by atoms with E-state index in [0.29, 0.717) is 11.5 Å². The van der Waals surface area contributed by atoms with E-state index in [9.17, 15) is 19.5 Å². The van der Waals surface area contributed by atoms with E-state index in [1.807, 2.05) is 103 Å². The number of amides is 2. The summed E-state index contributed by atoms with van der Waals surface area (Å²) in [6, 6.07) is 27.0. The molecular formula is C32H32N2O4S2. The molecule has 2 N–H and O–H groups in total. The average Bonchev–Trinajstić information content (AvgIpc) is 3.46. The van der Waals surface area contributed by atoms with Gasteiger partial charge in [0, 0.05) is 23.2 Å². The van der Waals surface area contributed by atoms with Gasteiger partial charge in [0.25, 0.3) is 0 Å². The Morgan fingerprint density at radius 3 is 2.15 bits per heavy atom. The third-order valence-corrected chi connectivity index (χ3v) is 9.32. The lowest BCUT2D eigenvalue weighted by Crippen LogP contribution is -2.56. The van der Waals surface area contributed by atoms with E-state index in [0.717, 1.165) is 21.6 Å². The van der Waals surface area contributed by atoms with Crippen LogP contribution in [0, 0.1) is 11.8 Å². The zero-order chi connectivity index (χ0) is 28.1. The van der Waals surface area contributed by atoms with E-state index >= 15 is 0 Å². The Morgan fingerprint density at radius 2 is 1.52 bits per heavy atom. The lowest BCUT2D eigenvalue weighted by atomic mass is 9.78. The summed E-state index contributed by atoms with van der Waals surface area (Å²) >= 11 is 3.10. The average molecular weight is 573 g/mol. The van der Waals surface area contributed by atoms with Crippen LogP contribution in [0.2, 0.25) is 0 Å². The van der Waals surface area contributed by atoms with Gasteiger partial charge in [0.05, 0.1) is 11.8 Å². The molecule has 6 nitrogen and oxygen atoms in total. The molecule has 4 unspecified atom stereocenters. The van der Waals surface area contributed by atoms with Gasteiger partial charge >= 0.3 is 5.97 Å². The van der Waals surface area contributed by atoms with Gasteiger partial charge in [-0.15, -0.1) is 11.8 Å². The second kappa shape index (κ2) is 12.5. The molecule has 4 atom stereocenters. The summed E-state index contributed by atoms with van der Waals surface area (Å²) in [5.74, 6) is -2.36. The molecule has 2 aliphatic rings. The number of aliphatic carboxylic acids is 1. The maximum atomic E-state index is 13.8. The Labute approximate surface area is 243 Å². The van der Waals surface area contributed by atoms with Crippen LogP contribution in [0.25, 0.3) is 12.2 Å². The number of carbonyl (C=O) groups excluding carboxylic acids is 2. The smallest absolute Gasteiger partial charge is 0.324 e. The molecule has 2 fully saturated rings. The molecule has 8 heteroatoms. The van der Waals surface area contributed by atoms with Crippen molar-refractivity contribution in [1.29, 1.82) is 0 Å². The van der Waals surface area contributed by atoms with Crippen LogP contribution >= 0.6 is 23.5 Å². The molecule has 206 valence electrons. The molecule has 40 heavy (non-hydrogen) atoms. The Bertz CT molecular complexity index is 1380. The predicted molar refractivity (Wildman–Crippen MR) is 162 cm³/mol. The number of benzene rings is 3. The second-order valence-electron chi connectivity index (χ2n) is 10.0. The summed E-state index contributed by atoms with van der Waals surface area (Å²) in [4.78, 5) is 42.7. The molecule has 0 bridgehead atoms. The highest BCUT2D eigenvalue weighted by atomic mass is 32.2. The Kier molecular flexibility index (Phi) is 8.78. The van der Waals surface area contributed by atoms with Gasteiger partial charge in [0.2, 0.25) is 11.8 Å². The molecule has 2 saturated heterocycles. The van der Waals surface area contributed by atoms with E-state index in [2.05, 4.69) is 5.32 Å². The summed E-state index contributed by atoms with van der Waals surface area (Å²) in [6.07, 6.45) is 6.21. The highest BCUT2D eigenvalue weighted by molar-refractivity contribution is 7.99. The predicted octanol–water partition coefficient (Wildman–Crippen LogP) is 5.47. The lowest BCUT2D eigenvalue weighted by Gasteiger charge is -2.31. The number of hydrogen-bond acceptors (Lipinski definition) is 6. The largest absolute Gasteiger partial charge is 0.480 e.